The van der Waals surface area contributed by atoms with E-state index in [1.54, 1.807) is 24.3 Å². The summed E-state index contributed by atoms with van der Waals surface area (Å²) in [7, 11) is 0. The van der Waals surface area contributed by atoms with Crippen LogP contribution >= 0.6 is 11.6 Å². The van der Waals surface area contributed by atoms with Crippen molar-refractivity contribution in [2.45, 2.75) is 0 Å². The first kappa shape index (κ1) is 21.4. The van der Waals surface area contributed by atoms with Crippen LogP contribution in [0.25, 0.3) is 17.0 Å². The molecule has 2 N–H and O–H groups in total. The fraction of sp³-hybridized carbons (Fsp3) is 0. The molecule has 1 aromatic heterocycles. The van der Waals surface area contributed by atoms with Gasteiger partial charge in [-0.25, -0.2) is 9.98 Å². The topological polar surface area (TPSA) is 94.9 Å². The standard InChI is InChI=1S/C26H17ClN4O3/c27-23-19(13-17-9-4-5-12-21(17)28-23)15-22-26(34)31(24(29-22)16-7-2-1-3-8-16)30-25(33)18-10-6-11-20(32)14-18/h1-15,32H,(H,30,33)/b22-15-. The van der Waals surface area contributed by atoms with Crippen molar-refractivity contribution >= 4 is 46.2 Å². The number of aromatic nitrogens is 1. The Hall–Kier alpha value is -4.49. The van der Waals surface area contributed by atoms with Crippen molar-refractivity contribution in [2.75, 3.05) is 0 Å². The first-order chi connectivity index (χ1) is 16.5. The molecule has 5 rings (SSSR count). The summed E-state index contributed by atoms with van der Waals surface area (Å²) in [5.41, 5.74) is 4.78. The van der Waals surface area contributed by atoms with Crippen LogP contribution in [0.1, 0.15) is 21.5 Å². The van der Waals surface area contributed by atoms with Gasteiger partial charge in [-0.1, -0.05) is 66.2 Å². The zero-order valence-electron chi connectivity index (χ0n) is 17.6. The van der Waals surface area contributed by atoms with Crippen LogP contribution in [0.4, 0.5) is 0 Å². The molecule has 4 aromatic rings. The maximum atomic E-state index is 13.3. The zero-order chi connectivity index (χ0) is 23.7. The first-order valence-corrected chi connectivity index (χ1v) is 10.7. The molecule has 0 aliphatic carbocycles. The molecule has 0 unspecified atom stereocenters. The lowest BCUT2D eigenvalue weighted by Crippen LogP contribution is -2.47. The van der Waals surface area contributed by atoms with Gasteiger partial charge >= 0.3 is 0 Å². The summed E-state index contributed by atoms with van der Waals surface area (Å²) in [5, 5.41) is 11.9. The molecule has 0 spiro atoms. The van der Waals surface area contributed by atoms with Gasteiger partial charge < -0.3 is 5.11 Å². The third kappa shape index (κ3) is 4.12. The van der Waals surface area contributed by atoms with E-state index in [4.69, 9.17) is 11.6 Å². The minimum atomic E-state index is -0.570. The average molecular weight is 469 g/mol. The van der Waals surface area contributed by atoms with E-state index in [2.05, 4.69) is 15.4 Å². The number of fused-ring (bicyclic) bond motifs is 1. The molecule has 0 saturated heterocycles. The monoisotopic (exact) mass is 468 g/mol. The predicted octanol–water partition coefficient (Wildman–Crippen LogP) is 4.57. The summed E-state index contributed by atoms with van der Waals surface area (Å²) >= 11 is 6.38. The molecule has 3 aromatic carbocycles. The second kappa shape index (κ2) is 8.80. The lowest BCUT2D eigenvalue weighted by atomic mass is 10.1. The number of halogens is 1. The van der Waals surface area contributed by atoms with E-state index in [0.29, 0.717) is 11.1 Å². The third-order valence-corrected chi connectivity index (χ3v) is 5.51. The number of amidine groups is 1. The summed E-state index contributed by atoms with van der Waals surface area (Å²) in [6.45, 7) is 0. The fourth-order valence-electron chi connectivity index (χ4n) is 3.57. The normalized spacial score (nSPS) is 14.5. The summed E-state index contributed by atoms with van der Waals surface area (Å²) in [6, 6.07) is 24.2. The van der Waals surface area contributed by atoms with E-state index in [1.807, 2.05) is 48.5 Å². The Morgan fingerprint density at radius 1 is 0.971 bits per heavy atom. The fourth-order valence-corrected chi connectivity index (χ4v) is 3.77. The largest absolute Gasteiger partial charge is 0.508 e. The number of para-hydroxylation sites is 1. The molecule has 166 valence electrons. The molecule has 8 heteroatoms. The Kier molecular flexibility index (Phi) is 5.53. The Labute approximate surface area is 199 Å². The second-order valence-corrected chi connectivity index (χ2v) is 7.88. The van der Waals surface area contributed by atoms with Gasteiger partial charge in [-0.05, 0) is 36.4 Å². The number of aromatic hydroxyl groups is 1. The molecule has 1 aliphatic heterocycles. The van der Waals surface area contributed by atoms with Gasteiger partial charge in [0, 0.05) is 22.1 Å². The Morgan fingerprint density at radius 2 is 1.74 bits per heavy atom. The molecular formula is C26H17ClN4O3. The van der Waals surface area contributed by atoms with Gasteiger partial charge in [-0.15, -0.1) is 0 Å². The number of amides is 2. The van der Waals surface area contributed by atoms with Crippen molar-refractivity contribution < 1.29 is 14.7 Å². The molecule has 0 fully saturated rings. The van der Waals surface area contributed by atoms with Crippen LogP contribution in [0, 0.1) is 0 Å². The number of aliphatic imine (C=N–C) groups is 1. The molecule has 2 heterocycles. The van der Waals surface area contributed by atoms with Crippen molar-refractivity contribution in [3.05, 3.63) is 112 Å². The number of rotatable bonds is 4. The molecule has 7 nitrogen and oxygen atoms in total. The van der Waals surface area contributed by atoms with Crippen LogP contribution in [0.2, 0.25) is 5.15 Å². The number of carbonyl (C=O) groups is 2. The van der Waals surface area contributed by atoms with E-state index in [1.165, 1.54) is 18.2 Å². The number of pyridine rings is 1. The molecule has 34 heavy (non-hydrogen) atoms. The average Bonchev–Trinajstić information content (AvgIpc) is 3.15. The van der Waals surface area contributed by atoms with Crippen LogP contribution in [-0.2, 0) is 4.79 Å². The van der Waals surface area contributed by atoms with Crippen LogP contribution < -0.4 is 5.43 Å². The van der Waals surface area contributed by atoms with Crippen molar-refractivity contribution in [1.82, 2.24) is 15.4 Å². The first-order valence-electron chi connectivity index (χ1n) is 10.4. The molecular weight excluding hydrogens is 452 g/mol. The second-order valence-electron chi connectivity index (χ2n) is 7.52. The third-order valence-electron chi connectivity index (χ3n) is 5.21. The molecule has 0 atom stereocenters. The van der Waals surface area contributed by atoms with E-state index >= 15 is 0 Å². The Morgan fingerprint density at radius 3 is 2.53 bits per heavy atom. The van der Waals surface area contributed by atoms with Gasteiger partial charge in [0.1, 0.15) is 16.6 Å². The zero-order valence-corrected chi connectivity index (χ0v) is 18.4. The van der Waals surface area contributed by atoms with E-state index in [9.17, 15) is 14.7 Å². The van der Waals surface area contributed by atoms with Crippen LogP contribution in [0.3, 0.4) is 0 Å². The molecule has 0 radical (unpaired) electrons. The highest BCUT2D eigenvalue weighted by Gasteiger charge is 2.33. The Bertz CT molecular complexity index is 1500. The molecule has 2 amide bonds. The number of carbonyl (C=O) groups excluding carboxylic acids is 2. The number of hydrogen-bond donors (Lipinski definition) is 2. The minimum Gasteiger partial charge on any atom is -0.508 e. The van der Waals surface area contributed by atoms with Gasteiger partial charge in [0.15, 0.2) is 5.84 Å². The lowest BCUT2D eigenvalue weighted by molar-refractivity contribution is -0.124. The summed E-state index contributed by atoms with van der Waals surface area (Å²) in [5.74, 6) is -0.900. The van der Waals surface area contributed by atoms with Crippen molar-refractivity contribution in [3.63, 3.8) is 0 Å². The van der Waals surface area contributed by atoms with Crippen LogP contribution in [-0.4, -0.2) is 32.7 Å². The maximum absolute atomic E-state index is 13.3. The molecule has 0 bridgehead atoms. The Balaban J connectivity index is 1.54. The van der Waals surface area contributed by atoms with Crippen LogP contribution in [0.15, 0.2) is 95.6 Å². The number of benzene rings is 3. The molecule has 0 saturated carbocycles. The van der Waals surface area contributed by atoms with E-state index in [-0.39, 0.29) is 28.0 Å². The van der Waals surface area contributed by atoms with Gasteiger partial charge in [-0.2, -0.15) is 5.01 Å². The minimum absolute atomic E-state index is 0.0589. The summed E-state index contributed by atoms with van der Waals surface area (Å²) in [6.07, 6.45) is 1.55. The SMILES string of the molecule is O=C(NN1C(=O)/C(=C/c2cc3ccccc3nc2Cl)N=C1c1ccccc1)c1cccc(O)c1. The smallest absolute Gasteiger partial charge is 0.297 e. The van der Waals surface area contributed by atoms with Crippen molar-refractivity contribution in [1.29, 1.82) is 0 Å². The number of hydrogen-bond acceptors (Lipinski definition) is 5. The highest BCUT2D eigenvalue weighted by atomic mass is 35.5. The number of nitrogens with one attached hydrogen (secondary N) is 1. The predicted molar refractivity (Wildman–Crippen MR) is 130 cm³/mol. The lowest BCUT2D eigenvalue weighted by Gasteiger charge is -2.19. The maximum Gasteiger partial charge on any atom is 0.297 e. The highest BCUT2D eigenvalue weighted by molar-refractivity contribution is 6.31. The number of hydrazine groups is 1. The van der Waals surface area contributed by atoms with E-state index in [0.717, 1.165) is 15.9 Å². The summed E-state index contributed by atoms with van der Waals surface area (Å²) in [4.78, 5) is 35.0. The molecule has 1 aliphatic rings. The number of phenols is 1. The van der Waals surface area contributed by atoms with Gasteiger partial charge in [0.05, 0.1) is 5.52 Å². The summed E-state index contributed by atoms with van der Waals surface area (Å²) < 4.78 is 0. The van der Waals surface area contributed by atoms with Crippen molar-refractivity contribution in [2.24, 2.45) is 4.99 Å². The number of nitrogens with zero attached hydrogens (tertiary/aromatic N) is 3. The van der Waals surface area contributed by atoms with E-state index < -0.39 is 11.8 Å². The quantitative estimate of drug-likeness (QED) is 0.339. The highest BCUT2D eigenvalue weighted by Crippen LogP contribution is 2.26. The van der Waals surface area contributed by atoms with Gasteiger partial charge in [0.2, 0.25) is 0 Å². The van der Waals surface area contributed by atoms with Gasteiger partial charge in [0.25, 0.3) is 11.8 Å². The van der Waals surface area contributed by atoms with Gasteiger partial charge in [-0.3, -0.25) is 15.0 Å². The number of phenolic OH excluding ortho intramolecular Hbond substituents is 1. The van der Waals surface area contributed by atoms with Crippen LogP contribution in [0.5, 0.6) is 5.75 Å². The van der Waals surface area contributed by atoms with Crippen molar-refractivity contribution in [3.8, 4) is 5.75 Å².